The topological polar surface area (TPSA) is 67.6 Å². The largest absolute Gasteiger partial charge is 0.490 e. The van der Waals surface area contributed by atoms with Crippen LogP contribution in [0.3, 0.4) is 0 Å². The molecule has 1 aliphatic heterocycles. The molecule has 1 N–H and O–H groups in total. The highest BCUT2D eigenvalue weighted by Crippen LogP contribution is 2.32. The zero-order valence-electron chi connectivity index (χ0n) is 11.8. The first-order chi connectivity index (χ1) is 10.2. The molecule has 0 saturated carbocycles. The molecule has 0 amide bonds. The number of carbonyl (C=O) groups is 1. The first-order valence-corrected chi connectivity index (χ1v) is 6.95. The minimum atomic E-state index is -0.939. The van der Waals surface area contributed by atoms with Crippen molar-refractivity contribution in [1.29, 1.82) is 0 Å². The molecule has 6 nitrogen and oxygen atoms in total. The molecule has 0 atom stereocenters. The van der Waals surface area contributed by atoms with E-state index in [2.05, 4.69) is 10.00 Å². The SMILES string of the molecule is CCn1ncc(CN2CCOc3ccccc32)c1C(=O)O. The molecule has 3 rings (SSSR count). The molecule has 1 aromatic carbocycles. The van der Waals surface area contributed by atoms with Crippen LogP contribution in [0.4, 0.5) is 5.69 Å². The number of hydrogen-bond acceptors (Lipinski definition) is 4. The summed E-state index contributed by atoms with van der Waals surface area (Å²) >= 11 is 0. The molecule has 1 aliphatic rings. The number of aryl methyl sites for hydroxylation is 1. The van der Waals surface area contributed by atoms with Crippen molar-refractivity contribution >= 4 is 11.7 Å². The zero-order valence-corrected chi connectivity index (χ0v) is 11.8. The molecule has 2 heterocycles. The maximum atomic E-state index is 11.4. The van der Waals surface area contributed by atoms with E-state index in [-0.39, 0.29) is 5.69 Å². The monoisotopic (exact) mass is 287 g/mol. The molecule has 0 spiro atoms. The third kappa shape index (κ3) is 2.44. The number of nitrogens with zero attached hydrogens (tertiary/aromatic N) is 3. The standard InChI is InChI=1S/C15H17N3O3/c1-2-18-14(15(19)20)11(9-16-18)10-17-7-8-21-13-6-4-3-5-12(13)17/h3-6,9H,2,7-8,10H2,1H3,(H,19,20). The summed E-state index contributed by atoms with van der Waals surface area (Å²) in [5.41, 5.74) is 1.98. The molecule has 0 bridgehead atoms. The predicted octanol–water partition coefficient (Wildman–Crippen LogP) is 2.00. The smallest absolute Gasteiger partial charge is 0.354 e. The lowest BCUT2D eigenvalue weighted by atomic mass is 10.2. The van der Waals surface area contributed by atoms with E-state index >= 15 is 0 Å². The van der Waals surface area contributed by atoms with Gasteiger partial charge >= 0.3 is 5.97 Å². The van der Waals surface area contributed by atoms with Crippen LogP contribution < -0.4 is 9.64 Å². The molecular formula is C15H17N3O3. The van der Waals surface area contributed by atoms with E-state index in [1.165, 1.54) is 4.68 Å². The van der Waals surface area contributed by atoms with Gasteiger partial charge in [0, 0.05) is 18.7 Å². The molecular weight excluding hydrogens is 270 g/mol. The summed E-state index contributed by atoms with van der Waals surface area (Å²) in [5.74, 6) is -0.102. The summed E-state index contributed by atoms with van der Waals surface area (Å²) in [6, 6.07) is 7.79. The number of para-hydroxylation sites is 2. The average molecular weight is 287 g/mol. The van der Waals surface area contributed by atoms with Gasteiger partial charge < -0.3 is 14.7 Å². The lowest BCUT2D eigenvalue weighted by molar-refractivity contribution is 0.0682. The second kappa shape index (κ2) is 5.47. The molecule has 0 radical (unpaired) electrons. The average Bonchev–Trinajstić information content (AvgIpc) is 2.90. The number of carboxylic acid groups (broad SMARTS) is 1. The fourth-order valence-corrected chi connectivity index (χ4v) is 2.62. The Morgan fingerprint density at radius 2 is 2.24 bits per heavy atom. The number of carboxylic acids is 1. The van der Waals surface area contributed by atoms with Crippen LogP contribution >= 0.6 is 0 Å². The minimum absolute atomic E-state index is 0.265. The number of benzene rings is 1. The van der Waals surface area contributed by atoms with Crippen molar-refractivity contribution in [3.63, 3.8) is 0 Å². The Morgan fingerprint density at radius 3 is 3.00 bits per heavy atom. The fraction of sp³-hybridized carbons (Fsp3) is 0.333. The van der Waals surface area contributed by atoms with E-state index in [0.29, 0.717) is 19.7 Å². The molecule has 0 saturated heterocycles. The third-order valence-electron chi connectivity index (χ3n) is 3.60. The Morgan fingerprint density at radius 1 is 1.43 bits per heavy atom. The molecule has 110 valence electrons. The Kier molecular flexibility index (Phi) is 3.51. The van der Waals surface area contributed by atoms with Gasteiger partial charge in [0.25, 0.3) is 0 Å². The molecule has 2 aromatic rings. The van der Waals surface area contributed by atoms with Crippen LogP contribution in [0.5, 0.6) is 5.75 Å². The number of aromatic nitrogens is 2. The van der Waals surface area contributed by atoms with Crippen LogP contribution in [-0.4, -0.2) is 34.0 Å². The van der Waals surface area contributed by atoms with Crippen molar-refractivity contribution in [2.45, 2.75) is 20.0 Å². The molecule has 0 fully saturated rings. The van der Waals surface area contributed by atoms with E-state index in [1.54, 1.807) is 6.20 Å². The summed E-state index contributed by atoms with van der Waals surface area (Å²) in [4.78, 5) is 13.6. The molecule has 6 heteroatoms. The lowest BCUT2D eigenvalue weighted by Gasteiger charge is -2.31. The van der Waals surface area contributed by atoms with Gasteiger partial charge in [0.05, 0.1) is 18.4 Å². The Labute approximate surface area is 122 Å². The van der Waals surface area contributed by atoms with Crippen LogP contribution in [0.25, 0.3) is 0 Å². The van der Waals surface area contributed by atoms with E-state index < -0.39 is 5.97 Å². The van der Waals surface area contributed by atoms with Gasteiger partial charge in [-0.25, -0.2) is 4.79 Å². The lowest BCUT2D eigenvalue weighted by Crippen LogP contribution is -2.32. The fourth-order valence-electron chi connectivity index (χ4n) is 2.62. The maximum Gasteiger partial charge on any atom is 0.354 e. The number of fused-ring (bicyclic) bond motifs is 1. The zero-order chi connectivity index (χ0) is 14.8. The normalized spacial score (nSPS) is 13.7. The summed E-state index contributed by atoms with van der Waals surface area (Å²) in [7, 11) is 0. The minimum Gasteiger partial charge on any atom is -0.490 e. The molecule has 0 aliphatic carbocycles. The predicted molar refractivity (Wildman–Crippen MR) is 77.8 cm³/mol. The van der Waals surface area contributed by atoms with Crippen molar-refractivity contribution < 1.29 is 14.6 Å². The van der Waals surface area contributed by atoms with E-state index in [0.717, 1.165) is 23.5 Å². The van der Waals surface area contributed by atoms with E-state index in [4.69, 9.17) is 4.74 Å². The molecule has 21 heavy (non-hydrogen) atoms. The van der Waals surface area contributed by atoms with Gasteiger partial charge in [-0.1, -0.05) is 12.1 Å². The molecule has 1 aromatic heterocycles. The van der Waals surface area contributed by atoms with Crippen LogP contribution in [0, 0.1) is 0 Å². The van der Waals surface area contributed by atoms with E-state index in [1.807, 2.05) is 31.2 Å². The summed E-state index contributed by atoms with van der Waals surface area (Å²) in [5, 5.41) is 13.5. The van der Waals surface area contributed by atoms with Crippen LogP contribution in [-0.2, 0) is 13.1 Å². The van der Waals surface area contributed by atoms with Crippen molar-refractivity contribution in [3.05, 3.63) is 41.7 Å². The van der Waals surface area contributed by atoms with Crippen molar-refractivity contribution in [3.8, 4) is 5.75 Å². The quantitative estimate of drug-likeness (QED) is 0.931. The first-order valence-electron chi connectivity index (χ1n) is 6.95. The van der Waals surface area contributed by atoms with E-state index in [9.17, 15) is 9.90 Å². The summed E-state index contributed by atoms with van der Waals surface area (Å²) < 4.78 is 7.13. The first kappa shape index (κ1) is 13.5. The number of rotatable bonds is 4. The Balaban J connectivity index is 1.92. The highest BCUT2D eigenvalue weighted by molar-refractivity contribution is 5.87. The van der Waals surface area contributed by atoms with Gasteiger partial charge in [-0.05, 0) is 19.1 Å². The van der Waals surface area contributed by atoms with Gasteiger partial charge in [-0.3, -0.25) is 4.68 Å². The molecule has 0 unspecified atom stereocenters. The van der Waals surface area contributed by atoms with Crippen molar-refractivity contribution in [2.75, 3.05) is 18.1 Å². The second-order valence-electron chi connectivity index (χ2n) is 4.88. The van der Waals surface area contributed by atoms with Crippen molar-refractivity contribution in [1.82, 2.24) is 9.78 Å². The Hall–Kier alpha value is -2.50. The second-order valence-corrected chi connectivity index (χ2v) is 4.88. The summed E-state index contributed by atoms with van der Waals surface area (Å²) in [6.45, 7) is 4.27. The van der Waals surface area contributed by atoms with Crippen molar-refractivity contribution in [2.24, 2.45) is 0 Å². The Bertz CT molecular complexity index is 666. The highest BCUT2D eigenvalue weighted by Gasteiger charge is 2.22. The number of hydrogen-bond donors (Lipinski definition) is 1. The number of aromatic carboxylic acids is 1. The third-order valence-corrected chi connectivity index (χ3v) is 3.60. The van der Waals surface area contributed by atoms with Gasteiger partial charge in [0.1, 0.15) is 12.4 Å². The van der Waals surface area contributed by atoms with Crippen LogP contribution in [0.15, 0.2) is 30.5 Å². The number of ether oxygens (including phenoxy) is 1. The summed E-state index contributed by atoms with van der Waals surface area (Å²) in [6.07, 6.45) is 1.64. The highest BCUT2D eigenvalue weighted by atomic mass is 16.5. The van der Waals surface area contributed by atoms with Gasteiger partial charge in [-0.2, -0.15) is 5.10 Å². The van der Waals surface area contributed by atoms with Gasteiger partial charge in [0.2, 0.25) is 0 Å². The maximum absolute atomic E-state index is 11.4. The van der Waals surface area contributed by atoms with Gasteiger partial charge in [-0.15, -0.1) is 0 Å². The number of anilines is 1. The van der Waals surface area contributed by atoms with Crippen LogP contribution in [0.1, 0.15) is 23.0 Å². The van der Waals surface area contributed by atoms with Gasteiger partial charge in [0.15, 0.2) is 5.69 Å². The van der Waals surface area contributed by atoms with Crippen LogP contribution in [0.2, 0.25) is 0 Å².